The van der Waals surface area contributed by atoms with E-state index >= 15 is 0 Å². The van der Waals surface area contributed by atoms with Crippen LogP contribution in [0.25, 0.3) is 5.57 Å². The number of nitro benzene ring substituents is 1. The van der Waals surface area contributed by atoms with Gasteiger partial charge in [0.25, 0.3) is 5.69 Å². The van der Waals surface area contributed by atoms with Crippen LogP contribution in [-0.4, -0.2) is 14.9 Å². The average molecular weight is 274 g/mol. The van der Waals surface area contributed by atoms with E-state index in [1.807, 2.05) is 12.1 Å². The van der Waals surface area contributed by atoms with Crippen molar-refractivity contribution in [2.75, 3.05) is 0 Å². The van der Waals surface area contributed by atoms with Crippen LogP contribution in [0.15, 0.2) is 36.5 Å². The van der Waals surface area contributed by atoms with E-state index in [4.69, 9.17) is 11.6 Å². The molecule has 0 unspecified atom stereocenters. The monoisotopic (exact) mass is 273 g/mol. The molecule has 0 fully saturated rings. The Hall–Kier alpha value is -2.27. The molecule has 1 aromatic heterocycles. The molecule has 0 N–H and O–H groups in total. The van der Waals surface area contributed by atoms with Gasteiger partial charge in [0.2, 0.25) is 5.28 Å². The van der Waals surface area contributed by atoms with Crippen LogP contribution in [0.4, 0.5) is 5.69 Å². The molecule has 0 bridgehead atoms. The molecule has 0 saturated heterocycles. The molecule has 1 aromatic carbocycles. The number of benzene rings is 1. The van der Waals surface area contributed by atoms with E-state index in [9.17, 15) is 10.1 Å². The second-order valence-electron chi connectivity index (χ2n) is 4.09. The number of fused-ring (bicyclic) bond motifs is 1. The zero-order valence-corrected chi connectivity index (χ0v) is 10.5. The first-order valence-corrected chi connectivity index (χ1v) is 6.00. The summed E-state index contributed by atoms with van der Waals surface area (Å²) in [5.74, 6) is 0. The Morgan fingerprint density at radius 2 is 2.16 bits per heavy atom. The van der Waals surface area contributed by atoms with Gasteiger partial charge in [0, 0.05) is 23.4 Å². The molecule has 0 amide bonds. The molecule has 0 spiro atoms. The molecule has 5 nitrogen and oxygen atoms in total. The first-order valence-electron chi connectivity index (χ1n) is 5.62. The minimum Gasteiger partial charge on any atom is -0.258 e. The molecule has 0 saturated carbocycles. The average Bonchev–Trinajstić information content (AvgIpc) is 2.82. The Morgan fingerprint density at radius 1 is 1.32 bits per heavy atom. The number of aromatic nitrogens is 2. The van der Waals surface area contributed by atoms with Crippen LogP contribution in [0.1, 0.15) is 16.8 Å². The van der Waals surface area contributed by atoms with Crippen LogP contribution in [0, 0.1) is 10.1 Å². The largest absolute Gasteiger partial charge is 0.273 e. The van der Waals surface area contributed by atoms with Gasteiger partial charge in [0.15, 0.2) is 0 Å². The molecular weight excluding hydrogens is 266 g/mol. The zero-order valence-electron chi connectivity index (χ0n) is 9.71. The molecule has 0 radical (unpaired) electrons. The van der Waals surface area contributed by atoms with E-state index < -0.39 is 0 Å². The lowest BCUT2D eigenvalue weighted by atomic mass is 10.0. The molecule has 19 heavy (non-hydrogen) atoms. The molecule has 0 aliphatic heterocycles. The first-order chi connectivity index (χ1) is 9.16. The topological polar surface area (TPSA) is 68.9 Å². The Kier molecular flexibility index (Phi) is 2.76. The van der Waals surface area contributed by atoms with Crippen molar-refractivity contribution < 1.29 is 4.92 Å². The zero-order chi connectivity index (χ0) is 13.4. The molecule has 2 aromatic rings. The molecule has 0 atom stereocenters. The van der Waals surface area contributed by atoms with Crippen LogP contribution in [-0.2, 0) is 6.42 Å². The highest BCUT2D eigenvalue weighted by Crippen LogP contribution is 2.36. The summed E-state index contributed by atoms with van der Waals surface area (Å²) in [4.78, 5) is 18.6. The molecule has 1 aliphatic rings. The van der Waals surface area contributed by atoms with Gasteiger partial charge in [-0.25, -0.2) is 9.97 Å². The Morgan fingerprint density at radius 3 is 2.89 bits per heavy atom. The smallest absolute Gasteiger partial charge is 0.258 e. The summed E-state index contributed by atoms with van der Waals surface area (Å²) in [5.41, 5.74) is 3.24. The fourth-order valence-corrected chi connectivity index (χ4v) is 2.40. The predicted octanol–water partition coefficient (Wildman–Crippen LogP) is 3.03. The summed E-state index contributed by atoms with van der Waals surface area (Å²) in [6.07, 6.45) is 4.03. The third-order valence-electron chi connectivity index (χ3n) is 3.05. The standard InChI is InChI=1S/C13H8ClN3O2/c14-13-15-7-6-11(16-13)9-4-5-10-8(9)2-1-3-12(10)17(18)19/h1-4,6-7H,5H2. The molecule has 6 heteroatoms. The lowest BCUT2D eigenvalue weighted by molar-refractivity contribution is -0.385. The normalized spacial score (nSPS) is 13.0. The van der Waals surface area contributed by atoms with Gasteiger partial charge >= 0.3 is 0 Å². The maximum absolute atomic E-state index is 11.0. The van der Waals surface area contributed by atoms with Gasteiger partial charge in [-0.2, -0.15) is 0 Å². The lowest BCUT2D eigenvalue weighted by Crippen LogP contribution is -1.96. The number of nitrogens with zero attached hydrogens (tertiary/aromatic N) is 3. The van der Waals surface area contributed by atoms with Crippen LogP contribution in [0.3, 0.4) is 0 Å². The van der Waals surface area contributed by atoms with E-state index in [1.165, 1.54) is 6.07 Å². The van der Waals surface area contributed by atoms with E-state index in [2.05, 4.69) is 9.97 Å². The highest BCUT2D eigenvalue weighted by atomic mass is 35.5. The van der Waals surface area contributed by atoms with Gasteiger partial charge in [0.05, 0.1) is 10.6 Å². The molecule has 3 rings (SSSR count). The summed E-state index contributed by atoms with van der Waals surface area (Å²) < 4.78 is 0. The van der Waals surface area contributed by atoms with Gasteiger partial charge in [-0.1, -0.05) is 18.2 Å². The number of rotatable bonds is 2. The van der Waals surface area contributed by atoms with Crippen molar-refractivity contribution in [3.8, 4) is 0 Å². The van der Waals surface area contributed by atoms with Crippen LogP contribution < -0.4 is 0 Å². The van der Waals surface area contributed by atoms with Crippen molar-refractivity contribution in [3.63, 3.8) is 0 Å². The minimum absolute atomic E-state index is 0.143. The van der Waals surface area contributed by atoms with Gasteiger partial charge in [-0.15, -0.1) is 0 Å². The number of hydrogen-bond donors (Lipinski definition) is 0. The molecule has 1 heterocycles. The third kappa shape index (κ3) is 1.98. The van der Waals surface area contributed by atoms with Crippen molar-refractivity contribution in [2.45, 2.75) is 6.42 Å². The Balaban J connectivity index is 2.12. The van der Waals surface area contributed by atoms with E-state index in [0.717, 1.165) is 16.7 Å². The van der Waals surface area contributed by atoms with Crippen molar-refractivity contribution >= 4 is 22.9 Å². The summed E-state index contributed by atoms with van der Waals surface area (Å²) in [7, 11) is 0. The highest BCUT2D eigenvalue weighted by Gasteiger charge is 2.24. The SMILES string of the molecule is O=[N+]([O-])c1cccc2c1CC=C2c1ccnc(Cl)n1. The van der Waals surface area contributed by atoms with Gasteiger partial charge in [-0.05, 0) is 29.7 Å². The third-order valence-corrected chi connectivity index (χ3v) is 3.23. The van der Waals surface area contributed by atoms with E-state index in [1.54, 1.807) is 18.3 Å². The maximum Gasteiger partial charge on any atom is 0.273 e. The first kappa shape index (κ1) is 11.8. The molecule has 94 valence electrons. The summed E-state index contributed by atoms with van der Waals surface area (Å²) in [6, 6.07) is 6.80. The number of allylic oxidation sites excluding steroid dienone is 1. The van der Waals surface area contributed by atoms with Gasteiger partial charge in [-0.3, -0.25) is 10.1 Å². The fourth-order valence-electron chi connectivity index (χ4n) is 2.25. The van der Waals surface area contributed by atoms with Crippen molar-refractivity contribution in [1.29, 1.82) is 0 Å². The second-order valence-corrected chi connectivity index (χ2v) is 4.43. The fraction of sp³-hybridized carbons (Fsp3) is 0.0769. The minimum atomic E-state index is -0.359. The van der Waals surface area contributed by atoms with Crippen LogP contribution in [0.5, 0.6) is 0 Å². The molecule has 1 aliphatic carbocycles. The van der Waals surface area contributed by atoms with Gasteiger partial charge < -0.3 is 0 Å². The Labute approximate surface area is 113 Å². The van der Waals surface area contributed by atoms with Crippen molar-refractivity contribution in [1.82, 2.24) is 9.97 Å². The van der Waals surface area contributed by atoms with E-state index in [-0.39, 0.29) is 15.9 Å². The van der Waals surface area contributed by atoms with Crippen LogP contribution >= 0.6 is 11.6 Å². The van der Waals surface area contributed by atoms with E-state index in [0.29, 0.717) is 12.1 Å². The lowest BCUT2D eigenvalue weighted by Gasteiger charge is -2.05. The summed E-state index contributed by atoms with van der Waals surface area (Å²) in [6.45, 7) is 0. The quantitative estimate of drug-likeness (QED) is 0.479. The second kappa shape index (κ2) is 4.44. The number of hydrogen-bond acceptors (Lipinski definition) is 4. The maximum atomic E-state index is 11.0. The van der Waals surface area contributed by atoms with Crippen molar-refractivity contribution in [3.05, 3.63) is 68.8 Å². The predicted molar refractivity (Wildman–Crippen MR) is 70.9 cm³/mol. The summed E-state index contributed by atoms with van der Waals surface area (Å²) >= 11 is 5.77. The number of halogens is 1. The molecular formula is C13H8ClN3O2. The van der Waals surface area contributed by atoms with Gasteiger partial charge in [0.1, 0.15) is 0 Å². The van der Waals surface area contributed by atoms with Crippen molar-refractivity contribution in [2.24, 2.45) is 0 Å². The Bertz CT molecular complexity index is 713. The highest BCUT2D eigenvalue weighted by molar-refractivity contribution is 6.28. The number of nitro groups is 1. The van der Waals surface area contributed by atoms with Crippen LogP contribution in [0.2, 0.25) is 5.28 Å². The summed E-state index contributed by atoms with van der Waals surface area (Å²) in [5, 5.41) is 11.2.